The van der Waals surface area contributed by atoms with Gasteiger partial charge in [-0.05, 0) is 49.2 Å². The molecule has 1 fully saturated rings. The van der Waals surface area contributed by atoms with Crippen LogP contribution in [0.15, 0.2) is 60.8 Å². The Kier molecular flexibility index (Phi) is 9.60. The summed E-state index contributed by atoms with van der Waals surface area (Å²) in [6, 6.07) is 15.8. The van der Waals surface area contributed by atoms with E-state index in [9.17, 15) is 22.8 Å². The number of benzene rings is 2. The summed E-state index contributed by atoms with van der Waals surface area (Å²) in [5.41, 5.74) is 6.66. The van der Waals surface area contributed by atoms with E-state index in [0.29, 0.717) is 21.8 Å². The molecule has 1 amide bonds. The molecule has 14 heteroatoms. The summed E-state index contributed by atoms with van der Waals surface area (Å²) in [5.74, 6) is -2.95. The number of aliphatic carboxylic acids is 1. The first-order valence-corrected chi connectivity index (χ1v) is 12.3. The number of nitrogens with zero attached hydrogens (tertiary/aromatic N) is 2. The van der Waals surface area contributed by atoms with Crippen molar-refractivity contribution in [1.82, 2.24) is 10.3 Å². The van der Waals surface area contributed by atoms with E-state index < -0.39 is 18.1 Å². The van der Waals surface area contributed by atoms with E-state index in [1.165, 1.54) is 17.5 Å². The maximum Gasteiger partial charge on any atom is 0.490 e. The molecule has 1 saturated heterocycles. The molecule has 0 aliphatic carbocycles. The minimum Gasteiger partial charge on any atom is -0.475 e. The Bertz CT molecular complexity index is 1310. The summed E-state index contributed by atoms with van der Waals surface area (Å²) in [6.45, 7) is 1.49. The summed E-state index contributed by atoms with van der Waals surface area (Å²) in [6.07, 6.45) is -1.95. The third-order valence-corrected chi connectivity index (χ3v) is 6.49. The van der Waals surface area contributed by atoms with Crippen LogP contribution in [0.1, 0.15) is 38.4 Å². The largest absolute Gasteiger partial charge is 0.490 e. The Morgan fingerprint density at radius 2 is 1.64 bits per heavy atom. The summed E-state index contributed by atoms with van der Waals surface area (Å²) in [5, 5.41) is 18.4. The van der Waals surface area contributed by atoms with E-state index >= 15 is 0 Å². The SMILES string of the molecule is N=C(N)c1ccc(OC(=O)c2cnc(N3CCC(NC(=O)c4ccccc4)CC3)s2)cc1.O=C(O)C(F)(F)F. The van der Waals surface area contributed by atoms with Crippen molar-refractivity contribution in [2.75, 3.05) is 18.0 Å². The van der Waals surface area contributed by atoms with Crippen LogP contribution < -0.4 is 20.7 Å². The number of hydrogen-bond donors (Lipinski definition) is 4. The zero-order valence-corrected chi connectivity index (χ0v) is 21.1. The fourth-order valence-electron chi connectivity index (χ4n) is 3.44. The van der Waals surface area contributed by atoms with Gasteiger partial charge in [0.1, 0.15) is 16.5 Å². The number of aromatic nitrogens is 1. The molecule has 0 spiro atoms. The summed E-state index contributed by atoms with van der Waals surface area (Å²) in [7, 11) is 0. The van der Waals surface area contributed by atoms with Gasteiger partial charge in [-0.15, -0.1) is 0 Å². The minimum atomic E-state index is -5.08. The molecule has 1 aliphatic rings. The summed E-state index contributed by atoms with van der Waals surface area (Å²) in [4.78, 5) is 40.6. The number of nitrogens with two attached hydrogens (primary N) is 1. The van der Waals surface area contributed by atoms with Crippen LogP contribution >= 0.6 is 11.3 Å². The van der Waals surface area contributed by atoms with E-state index in [1.54, 1.807) is 36.4 Å². The van der Waals surface area contributed by atoms with Crippen LogP contribution in [0.4, 0.5) is 18.3 Å². The lowest BCUT2D eigenvalue weighted by atomic mass is 10.0. The number of carboxylic acid groups (broad SMARTS) is 1. The highest BCUT2D eigenvalue weighted by molar-refractivity contribution is 7.17. The third kappa shape index (κ3) is 8.53. The standard InChI is InChI=1S/C23H23N5O3S.C2HF3O2/c24-20(25)15-6-8-18(9-7-15)31-22(30)19-14-26-23(32-19)28-12-10-17(11-13-28)27-21(29)16-4-2-1-3-5-16;3-2(4,5)1(6)7/h1-9,14,17H,10-13H2,(H3,24,25)(H,27,29);(H,6,7). The number of rotatable bonds is 6. The summed E-state index contributed by atoms with van der Waals surface area (Å²) < 4.78 is 37.1. The first-order chi connectivity index (χ1) is 18.4. The zero-order valence-electron chi connectivity index (χ0n) is 20.3. The Hall–Kier alpha value is -4.46. The lowest BCUT2D eigenvalue weighted by molar-refractivity contribution is -0.192. The van der Waals surface area contributed by atoms with Gasteiger partial charge in [0, 0.05) is 30.3 Å². The lowest BCUT2D eigenvalue weighted by Crippen LogP contribution is -2.44. The number of piperidine rings is 1. The smallest absolute Gasteiger partial charge is 0.475 e. The number of ether oxygens (including phenoxy) is 1. The van der Waals surface area contributed by atoms with Gasteiger partial charge in [0.2, 0.25) is 0 Å². The number of carbonyl (C=O) groups excluding carboxylic acids is 2. The predicted octanol–water partition coefficient (Wildman–Crippen LogP) is 3.68. The first kappa shape index (κ1) is 29.1. The molecule has 2 aromatic carbocycles. The van der Waals surface area contributed by atoms with Crippen LogP contribution in [0.25, 0.3) is 0 Å². The average Bonchev–Trinajstić information content (AvgIpc) is 3.40. The van der Waals surface area contributed by atoms with Crippen molar-refractivity contribution in [1.29, 1.82) is 5.41 Å². The molecule has 1 aliphatic heterocycles. The van der Waals surface area contributed by atoms with Crippen LogP contribution in [-0.4, -0.2) is 59.1 Å². The molecule has 39 heavy (non-hydrogen) atoms. The van der Waals surface area contributed by atoms with Crippen LogP contribution in [0.2, 0.25) is 0 Å². The zero-order chi connectivity index (χ0) is 28.6. The molecule has 10 nitrogen and oxygen atoms in total. The van der Waals surface area contributed by atoms with Crippen LogP contribution in [-0.2, 0) is 4.79 Å². The molecule has 0 bridgehead atoms. The maximum atomic E-state index is 12.5. The average molecular weight is 564 g/mol. The summed E-state index contributed by atoms with van der Waals surface area (Å²) >= 11 is 1.29. The number of amidine groups is 1. The quantitative estimate of drug-likeness (QED) is 0.153. The molecular weight excluding hydrogens is 539 g/mol. The molecule has 5 N–H and O–H groups in total. The van der Waals surface area contributed by atoms with Gasteiger partial charge in [-0.25, -0.2) is 14.6 Å². The van der Waals surface area contributed by atoms with Crippen molar-refractivity contribution in [2.45, 2.75) is 25.1 Å². The number of halogens is 3. The van der Waals surface area contributed by atoms with Crippen molar-refractivity contribution in [2.24, 2.45) is 5.73 Å². The fourth-order valence-corrected chi connectivity index (χ4v) is 4.28. The molecule has 4 rings (SSSR count). The van der Waals surface area contributed by atoms with E-state index in [1.807, 2.05) is 18.2 Å². The molecule has 2 heterocycles. The second-order valence-corrected chi connectivity index (χ2v) is 9.25. The molecule has 1 aromatic heterocycles. The van der Waals surface area contributed by atoms with E-state index in [0.717, 1.165) is 31.1 Å². The number of thiazole rings is 1. The van der Waals surface area contributed by atoms with Crippen molar-refractivity contribution < 1.29 is 37.4 Å². The number of esters is 1. The van der Waals surface area contributed by atoms with Crippen LogP contribution in [0, 0.1) is 5.41 Å². The van der Waals surface area contributed by atoms with Gasteiger partial charge in [-0.2, -0.15) is 13.2 Å². The van der Waals surface area contributed by atoms with Gasteiger partial charge in [0.05, 0.1) is 6.20 Å². The molecule has 0 saturated carbocycles. The molecule has 0 atom stereocenters. The van der Waals surface area contributed by atoms with Crippen molar-refractivity contribution in [3.05, 3.63) is 76.8 Å². The van der Waals surface area contributed by atoms with E-state index in [4.69, 9.17) is 25.8 Å². The fraction of sp³-hybridized carbons (Fsp3) is 0.240. The number of alkyl halides is 3. The number of carbonyl (C=O) groups is 3. The number of carboxylic acids is 1. The number of nitrogens with one attached hydrogen (secondary N) is 2. The number of hydrogen-bond acceptors (Lipinski definition) is 8. The highest BCUT2D eigenvalue weighted by Crippen LogP contribution is 2.27. The predicted molar refractivity (Wildman–Crippen MR) is 137 cm³/mol. The highest BCUT2D eigenvalue weighted by Gasteiger charge is 2.38. The van der Waals surface area contributed by atoms with Gasteiger partial charge in [-0.1, -0.05) is 29.5 Å². The minimum absolute atomic E-state index is 0.0432. The van der Waals surface area contributed by atoms with Crippen LogP contribution in [0.5, 0.6) is 5.75 Å². The number of anilines is 1. The van der Waals surface area contributed by atoms with Crippen molar-refractivity contribution in [3.63, 3.8) is 0 Å². The van der Waals surface area contributed by atoms with Gasteiger partial charge in [0.25, 0.3) is 5.91 Å². The Morgan fingerprint density at radius 3 is 2.18 bits per heavy atom. The Balaban J connectivity index is 0.000000532. The second-order valence-electron chi connectivity index (χ2n) is 8.24. The van der Waals surface area contributed by atoms with Crippen molar-refractivity contribution >= 4 is 40.1 Å². The van der Waals surface area contributed by atoms with E-state index in [2.05, 4.69) is 15.2 Å². The lowest BCUT2D eigenvalue weighted by Gasteiger charge is -2.32. The second kappa shape index (κ2) is 12.9. The molecule has 206 valence electrons. The topological polar surface area (TPSA) is 159 Å². The van der Waals surface area contributed by atoms with Gasteiger partial charge in [-0.3, -0.25) is 10.2 Å². The number of amides is 1. The van der Waals surface area contributed by atoms with Crippen LogP contribution in [0.3, 0.4) is 0 Å². The van der Waals surface area contributed by atoms with E-state index in [-0.39, 0.29) is 17.8 Å². The molecular formula is C25H24F3N5O5S. The normalized spacial score (nSPS) is 13.6. The molecule has 0 unspecified atom stereocenters. The molecule has 3 aromatic rings. The van der Waals surface area contributed by atoms with Gasteiger partial charge >= 0.3 is 18.1 Å². The Morgan fingerprint density at radius 1 is 1.05 bits per heavy atom. The number of nitrogen functional groups attached to an aromatic ring is 1. The van der Waals surface area contributed by atoms with Crippen molar-refractivity contribution in [3.8, 4) is 5.75 Å². The first-order valence-electron chi connectivity index (χ1n) is 11.5. The Labute approximate surface area is 224 Å². The van der Waals surface area contributed by atoms with Gasteiger partial charge < -0.3 is 25.8 Å². The molecule has 0 radical (unpaired) electrons. The monoisotopic (exact) mass is 563 g/mol. The third-order valence-electron chi connectivity index (χ3n) is 5.45. The highest BCUT2D eigenvalue weighted by atomic mass is 32.1. The van der Waals surface area contributed by atoms with Gasteiger partial charge in [0.15, 0.2) is 5.13 Å². The maximum absolute atomic E-state index is 12.5.